The monoisotopic (exact) mass is 490 g/mol. The van der Waals surface area contributed by atoms with Gasteiger partial charge in [-0.05, 0) is 51.0 Å². The number of aromatic amines is 1. The quantitative estimate of drug-likeness (QED) is 0.490. The third kappa shape index (κ3) is 5.61. The lowest BCUT2D eigenvalue weighted by molar-refractivity contribution is -0.138. The molecular weight excluding hydrogens is 469 g/mol. The molecule has 0 bridgehead atoms. The molecule has 1 aromatic carbocycles. The van der Waals surface area contributed by atoms with Crippen molar-refractivity contribution in [3.63, 3.8) is 0 Å². The molecule has 1 heterocycles. The van der Waals surface area contributed by atoms with Crippen molar-refractivity contribution in [3.8, 4) is 0 Å². The Kier molecular flexibility index (Phi) is 6.33. The van der Waals surface area contributed by atoms with E-state index in [1.54, 1.807) is 20.8 Å². The Bertz CT molecular complexity index is 1180. The SMILES string of the molecule is CC(C)(C)NS(=O)(=O)C1=CCC(c2c(Cl)cc(Nc3n[nH]c(N)n3)cc2C(F)(F)F)C=C1. The number of nitrogens with one attached hydrogen (secondary N) is 3. The molecule has 0 spiro atoms. The van der Waals surface area contributed by atoms with Crippen LogP contribution in [0.25, 0.3) is 0 Å². The number of alkyl halides is 3. The number of aromatic nitrogens is 3. The van der Waals surface area contributed by atoms with Crippen LogP contribution < -0.4 is 15.8 Å². The van der Waals surface area contributed by atoms with Gasteiger partial charge in [0.25, 0.3) is 0 Å². The first-order valence-corrected chi connectivity index (χ1v) is 11.3. The zero-order chi connectivity index (χ0) is 23.9. The summed E-state index contributed by atoms with van der Waals surface area (Å²) >= 11 is 6.26. The van der Waals surface area contributed by atoms with Gasteiger partial charge in [-0.1, -0.05) is 23.8 Å². The number of rotatable bonds is 5. The number of sulfonamides is 1. The summed E-state index contributed by atoms with van der Waals surface area (Å²) in [5, 5.41) is 8.58. The summed E-state index contributed by atoms with van der Waals surface area (Å²) in [6.45, 7) is 5.08. The van der Waals surface area contributed by atoms with Crippen LogP contribution in [0.3, 0.4) is 0 Å². The van der Waals surface area contributed by atoms with Crippen molar-refractivity contribution < 1.29 is 21.6 Å². The summed E-state index contributed by atoms with van der Waals surface area (Å²) in [6, 6.07) is 2.22. The fraction of sp³-hybridized carbons (Fsp3) is 0.368. The maximum Gasteiger partial charge on any atom is 0.416 e. The number of hydrogen-bond acceptors (Lipinski definition) is 6. The van der Waals surface area contributed by atoms with E-state index in [0.717, 1.165) is 6.07 Å². The minimum atomic E-state index is -4.70. The van der Waals surface area contributed by atoms with Crippen LogP contribution in [0.5, 0.6) is 0 Å². The molecule has 1 aliphatic rings. The molecule has 1 atom stereocenters. The summed E-state index contributed by atoms with van der Waals surface area (Å²) < 4.78 is 69.1. The van der Waals surface area contributed by atoms with Gasteiger partial charge in [-0.3, -0.25) is 0 Å². The third-order valence-corrected chi connectivity index (χ3v) is 6.50. The standard InChI is InChI=1S/C19H22ClF3N6O2S/c1-18(2,3)29-32(30,31)12-6-4-10(5-7-12)15-13(19(21,22)23)8-11(9-14(15)20)25-17-26-16(24)27-28-17/h4,6-10,29H,5H2,1-3H3,(H4,24,25,26,27,28). The normalized spacial score (nSPS) is 17.3. The highest BCUT2D eigenvalue weighted by molar-refractivity contribution is 7.93. The van der Waals surface area contributed by atoms with Gasteiger partial charge >= 0.3 is 6.18 Å². The largest absolute Gasteiger partial charge is 0.416 e. The second-order valence-corrected chi connectivity index (χ2v) is 10.3. The minimum absolute atomic E-state index is 0.00269. The molecule has 1 unspecified atom stereocenters. The van der Waals surface area contributed by atoms with Gasteiger partial charge in [0.2, 0.25) is 21.9 Å². The molecule has 0 fully saturated rings. The molecule has 5 N–H and O–H groups in total. The van der Waals surface area contributed by atoms with Gasteiger partial charge in [0, 0.05) is 22.2 Å². The van der Waals surface area contributed by atoms with Gasteiger partial charge in [-0.15, -0.1) is 5.10 Å². The number of nitrogens with two attached hydrogens (primary N) is 1. The Hall–Kier alpha value is -2.57. The van der Waals surface area contributed by atoms with Gasteiger partial charge in [0.05, 0.1) is 10.5 Å². The van der Waals surface area contributed by atoms with Crippen LogP contribution in [0.4, 0.5) is 30.8 Å². The van der Waals surface area contributed by atoms with Gasteiger partial charge in [-0.25, -0.2) is 18.2 Å². The predicted octanol–water partition coefficient (Wildman–Crippen LogP) is 4.45. The number of nitrogen functional groups attached to an aromatic ring is 1. The first kappa shape index (κ1) is 24.1. The predicted molar refractivity (Wildman–Crippen MR) is 117 cm³/mol. The van der Waals surface area contributed by atoms with Crippen molar-refractivity contribution >= 4 is 39.2 Å². The van der Waals surface area contributed by atoms with E-state index in [4.69, 9.17) is 17.3 Å². The van der Waals surface area contributed by atoms with E-state index in [1.807, 2.05) is 0 Å². The van der Waals surface area contributed by atoms with Crippen LogP contribution >= 0.6 is 11.6 Å². The van der Waals surface area contributed by atoms with Gasteiger partial charge in [-0.2, -0.15) is 18.2 Å². The van der Waals surface area contributed by atoms with E-state index in [2.05, 4.69) is 25.2 Å². The first-order chi connectivity index (χ1) is 14.7. The summed E-state index contributed by atoms with van der Waals surface area (Å²) in [4.78, 5) is 3.78. The maximum atomic E-state index is 13.9. The summed E-state index contributed by atoms with van der Waals surface area (Å²) in [5.74, 6) is -0.779. The van der Waals surface area contributed by atoms with E-state index in [9.17, 15) is 21.6 Å². The van der Waals surface area contributed by atoms with E-state index < -0.39 is 33.2 Å². The Morgan fingerprint density at radius 2 is 1.94 bits per heavy atom. The summed E-state index contributed by atoms with van der Waals surface area (Å²) in [5.41, 5.74) is 3.66. The van der Waals surface area contributed by atoms with Crippen LogP contribution in [-0.4, -0.2) is 29.1 Å². The van der Waals surface area contributed by atoms with Crippen molar-refractivity contribution in [2.75, 3.05) is 11.1 Å². The van der Waals surface area contributed by atoms with Crippen molar-refractivity contribution in [2.24, 2.45) is 0 Å². The van der Waals surface area contributed by atoms with E-state index in [-0.39, 0.29) is 39.5 Å². The lowest BCUT2D eigenvalue weighted by atomic mass is 9.88. The molecule has 3 rings (SSSR count). The minimum Gasteiger partial charge on any atom is -0.368 e. The molecule has 8 nitrogen and oxygen atoms in total. The van der Waals surface area contributed by atoms with Crippen LogP contribution in [0.2, 0.25) is 5.02 Å². The molecule has 0 saturated heterocycles. The highest BCUT2D eigenvalue weighted by Crippen LogP contribution is 2.43. The van der Waals surface area contributed by atoms with Crippen LogP contribution in [0.15, 0.2) is 35.3 Å². The topological polar surface area (TPSA) is 126 Å². The first-order valence-electron chi connectivity index (χ1n) is 9.43. The van der Waals surface area contributed by atoms with Gasteiger partial charge in [0.1, 0.15) is 0 Å². The third-order valence-electron chi connectivity index (χ3n) is 4.38. The number of anilines is 3. The molecule has 0 radical (unpaired) electrons. The molecule has 2 aromatic rings. The smallest absolute Gasteiger partial charge is 0.368 e. The molecule has 1 aliphatic carbocycles. The van der Waals surface area contributed by atoms with Crippen molar-refractivity contribution in [3.05, 3.63) is 51.4 Å². The molecule has 0 aliphatic heterocycles. The Morgan fingerprint density at radius 1 is 1.25 bits per heavy atom. The molecular formula is C19H22ClF3N6O2S. The highest BCUT2D eigenvalue weighted by Gasteiger charge is 2.37. The summed E-state index contributed by atoms with van der Waals surface area (Å²) in [6.07, 6.45) is -0.577. The zero-order valence-corrected chi connectivity index (χ0v) is 19.0. The van der Waals surface area contributed by atoms with Crippen LogP contribution in [-0.2, 0) is 16.2 Å². The average Bonchev–Trinajstić information content (AvgIpc) is 3.03. The lowest BCUT2D eigenvalue weighted by Gasteiger charge is -2.25. The fourth-order valence-electron chi connectivity index (χ4n) is 3.24. The fourth-order valence-corrected chi connectivity index (χ4v) is 5.09. The van der Waals surface area contributed by atoms with Crippen LogP contribution in [0, 0.1) is 0 Å². The second-order valence-electron chi connectivity index (χ2n) is 8.25. The number of H-pyrrole nitrogens is 1. The molecule has 32 heavy (non-hydrogen) atoms. The number of nitrogens with zero attached hydrogens (tertiary/aromatic N) is 2. The molecule has 0 saturated carbocycles. The molecule has 1 aromatic heterocycles. The summed E-state index contributed by atoms with van der Waals surface area (Å²) in [7, 11) is -3.80. The molecule has 13 heteroatoms. The highest BCUT2D eigenvalue weighted by atomic mass is 35.5. The van der Waals surface area contributed by atoms with Crippen molar-refractivity contribution in [1.29, 1.82) is 0 Å². The zero-order valence-electron chi connectivity index (χ0n) is 17.4. The van der Waals surface area contributed by atoms with Crippen LogP contribution in [0.1, 0.15) is 44.2 Å². The second kappa shape index (κ2) is 8.41. The van der Waals surface area contributed by atoms with E-state index >= 15 is 0 Å². The van der Waals surface area contributed by atoms with E-state index in [0.29, 0.717) is 0 Å². The Morgan fingerprint density at radius 3 is 2.44 bits per heavy atom. The number of allylic oxidation sites excluding steroid dienone is 3. The lowest BCUT2D eigenvalue weighted by Crippen LogP contribution is -2.41. The van der Waals surface area contributed by atoms with Gasteiger partial charge < -0.3 is 11.1 Å². The van der Waals surface area contributed by atoms with Crippen molar-refractivity contribution in [1.82, 2.24) is 19.9 Å². The van der Waals surface area contributed by atoms with Crippen molar-refractivity contribution in [2.45, 2.75) is 44.8 Å². The molecule has 174 valence electrons. The molecule has 0 amide bonds. The van der Waals surface area contributed by atoms with Gasteiger partial charge in [0.15, 0.2) is 0 Å². The number of hydrogen-bond donors (Lipinski definition) is 4. The Balaban J connectivity index is 1.93. The number of halogens is 4. The average molecular weight is 491 g/mol. The Labute approximate surface area is 188 Å². The maximum absolute atomic E-state index is 13.9. The number of benzene rings is 1. The van der Waals surface area contributed by atoms with E-state index in [1.165, 1.54) is 24.3 Å².